The first-order chi connectivity index (χ1) is 18.8. The predicted octanol–water partition coefficient (Wildman–Crippen LogP) is 4.84. The van der Waals surface area contributed by atoms with Gasteiger partial charge in [0.2, 0.25) is 0 Å². The molecule has 5 heterocycles. The Morgan fingerprint density at radius 2 is 1.87 bits per heavy atom. The van der Waals surface area contributed by atoms with E-state index in [0.29, 0.717) is 12.0 Å². The predicted molar refractivity (Wildman–Crippen MR) is 152 cm³/mol. The summed E-state index contributed by atoms with van der Waals surface area (Å²) >= 11 is 1.72. The topological polar surface area (TPSA) is 89.7 Å². The Balaban J connectivity index is 1.07. The van der Waals surface area contributed by atoms with Crippen LogP contribution >= 0.6 is 11.3 Å². The van der Waals surface area contributed by atoms with Crippen molar-refractivity contribution in [2.75, 3.05) is 6.54 Å². The number of H-pyrrole nitrogens is 1. The molecule has 0 radical (unpaired) electrons. The molecule has 38 heavy (non-hydrogen) atoms. The summed E-state index contributed by atoms with van der Waals surface area (Å²) in [6.45, 7) is 2.54. The smallest absolute Gasteiger partial charge is 0.126 e. The van der Waals surface area contributed by atoms with E-state index in [0.717, 1.165) is 42.9 Å². The standard InChI is InChI=1S/C30H31N7S/c1-2-5-19(6-3-1)13-31-14-20-11-22(16-32-15-20)26-12-24-27(17-33-26)36-37-29(24)30-34-25-8-4-7-23(28(25)35-30)21-9-10-38-18-21/h1-11,15-16,18,24,26-27,29,31,33,36-37H,12-14,17H2,(H,34,35). The molecule has 0 amide bonds. The molecule has 3 aromatic heterocycles. The second-order valence-corrected chi connectivity index (χ2v) is 11.1. The Morgan fingerprint density at radius 3 is 2.76 bits per heavy atom. The Morgan fingerprint density at radius 1 is 0.947 bits per heavy atom. The molecule has 0 aliphatic carbocycles. The average Bonchev–Trinajstić information content (AvgIpc) is 3.73. The number of piperidine rings is 1. The van der Waals surface area contributed by atoms with E-state index in [4.69, 9.17) is 4.98 Å². The first-order valence-corrected chi connectivity index (χ1v) is 14.2. The van der Waals surface area contributed by atoms with Gasteiger partial charge in [0, 0.05) is 55.6 Å². The van der Waals surface area contributed by atoms with Crippen molar-refractivity contribution >= 4 is 22.4 Å². The van der Waals surface area contributed by atoms with Gasteiger partial charge in [0.15, 0.2) is 0 Å². The van der Waals surface area contributed by atoms with Gasteiger partial charge in [-0.3, -0.25) is 10.4 Å². The summed E-state index contributed by atoms with van der Waals surface area (Å²) in [5.41, 5.74) is 15.3. The molecule has 0 saturated carbocycles. The normalized spacial score (nSPS) is 23.1. The number of hydrogen-bond acceptors (Lipinski definition) is 7. The molecule has 7 nitrogen and oxygen atoms in total. The summed E-state index contributed by atoms with van der Waals surface area (Å²) in [6.07, 6.45) is 4.98. The van der Waals surface area contributed by atoms with E-state index in [9.17, 15) is 0 Å². The molecule has 2 saturated heterocycles. The van der Waals surface area contributed by atoms with Gasteiger partial charge in [-0.1, -0.05) is 42.5 Å². The molecule has 5 N–H and O–H groups in total. The van der Waals surface area contributed by atoms with Gasteiger partial charge in [0.1, 0.15) is 5.82 Å². The van der Waals surface area contributed by atoms with E-state index in [1.165, 1.54) is 27.8 Å². The number of nitrogens with zero attached hydrogens (tertiary/aromatic N) is 2. The number of hydrazine groups is 1. The first-order valence-electron chi connectivity index (χ1n) is 13.3. The first kappa shape index (κ1) is 23.7. The third-order valence-electron chi connectivity index (χ3n) is 7.84. The van der Waals surface area contributed by atoms with Crippen LogP contribution in [0.1, 0.15) is 41.0 Å². The molecular weight excluding hydrogens is 490 g/mol. The van der Waals surface area contributed by atoms with Crippen molar-refractivity contribution in [1.82, 2.24) is 36.4 Å². The molecule has 5 aromatic rings. The Bertz CT molecular complexity index is 1510. The number of fused-ring (bicyclic) bond motifs is 2. The summed E-state index contributed by atoms with van der Waals surface area (Å²) in [7, 11) is 0. The van der Waals surface area contributed by atoms with Crippen molar-refractivity contribution in [3.05, 3.63) is 106 Å². The van der Waals surface area contributed by atoms with E-state index in [2.05, 4.69) is 103 Å². The Labute approximate surface area is 226 Å². The maximum absolute atomic E-state index is 5.12. The molecule has 0 spiro atoms. The highest BCUT2D eigenvalue weighted by atomic mass is 32.1. The fraction of sp³-hybridized carbons (Fsp3) is 0.267. The minimum absolute atomic E-state index is 0.121. The molecule has 2 aliphatic rings. The van der Waals surface area contributed by atoms with Gasteiger partial charge in [-0.05, 0) is 57.6 Å². The van der Waals surface area contributed by atoms with Crippen LogP contribution in [0.4, 0.5) is 0 Å². The fourth-order valence-corrected chi connectivity index (χ4v) is 6.54. The van der Waals surface area contributed by atoms with Crippen LogP contribution in [0.15, 0.2) is 83.8 Å². The van der Waals surface area contributed by atoms with Gasteiger partial charge >= 0.3 is 0 Å². The van der Waals surface area contributed by atoms with Gasteiger partial charge in [-0.25, -0.2) is 10.4 Å². The lowest BCUT2D eigenvalue weighted by Crippen LogP contribution is -2.46. The lowest BCUT2D eigenvalue weighted by molar-refractivity contribution is 0.263. The molecular formula is C30H31N7S. The van der Waals surface area contributed by atoms with Crippen molar-refractivity contribution < 1.29 is 0 Å². The van der Waals surface area contributed by atoms with E-state index in [1.807, 2.05) is 12.4 Å². The third-order valence-corrected chi connectivity index (χ3v) is 8.52. The van der Waals surface area contributed by atoms with Gasteiger partial charge in [0.25, 0.3) is 0 Å². The number of benzene rings is 2. The summed E-state index contributed by atoms with van der Waals surface area (Å²) < 4.78 is 0. The number of aromatic amines is 1. The maximum atomic E-state index is 5.12. The number of hydrogen-bond donors (Lipinski definition) is 5. The molecule has 4 unspecified atom stereocenters. The van der Waals surface area contributed by atoms with Crippen LogP contribution in [0.3, 0.4) is 0 Å². The monoisotopic (exact) mass is 521 g/mol. The highest BCUT2D eigenvalue weighted by Gasteiger charge is 2.42. The van der Waals surface area contributed by atoms with E-state index in [1.54, 1.807) is 11.3 Å². The number of thiophene rings is 1. The molecule has 192 valence electrons. The molecule has 4 atom stereocenters. The summed E-state index contributed by atoms with van der Waals surface area (Å²) in [5, 5.41) is 11.6. The van der Waals surface area contributed by atoms with Crippen molar-refractivity contribution in [3.8, 4) is 11.1 Å². The van der Waals surface area contributed by atoms with Crippen molar-refractivity contribution in [3.63, 3.8) is 0 Å². The minimum atomic E-state index is 0.121. The number of rotatable bonds is 7. The van der Waals surface area contributed by atoms with Gasteiger partial charge in [-0.15, -0.1) is 0 Å². The van der Waals surface area contributed by atoms with Crippen molar-refractivity contribution in [2.24, 2.45) is 5.92 Å². The molecule has 7 rings (SSSR count). The van der Waals surface area contributed by atoms with E-state index < -0.39 is 0 Å². The summed E-state index contributed by atoms with van der Waals surface area (Å²) in [6, 6.07) is 22.1. The quantitative estimate of drug-likeness (QED) is 0.211. The zero-order valence-electron chi connectivity index (χ0n) is 21.0. The van der Waals surface area contributed by atoms with Gasteiger partial charge in [-0.2, -0.15) is 11.3 Å². The second-order valence-electron chi connectivity index (χ2n) is 10.3. The SMILES string of the molecule is c1ccc(CNCc2cncc(C3CC4C(CN3)NNC4c3nc4c(-c5ccsc5)cccc4[nH]3)c2)cc1. The van der Waals surface area contributed by atoms with Crippen molar-refractivity contribution in [2.45, 2.75) is 37.6 Å². The number of para-hydroxylation sites is 1. The van der Waals surface area contributed by atoms with E-state index in [-0.39, 0.29) is 12.1 Å². The largest absolute Gasteiger partial charge is 0.341 e. The molecule has 2 fully saturated rings. The molecule has 8 heteroatoms. The highest BCUT2D eigenvalue weighted by Crippen LogP contribution is 2.39. The zero-order chi connectivity index (χ0) is 25.3. The zero-order valence-corrected chi connectivity index (χ0v) is 21.8. The fourth-order valence-electron chi connectivity index (χ4n) is 5.89. The lowest BCUT2D eigenvalue weighted by atomic mass is 9.82. The molecule has 2 aromatic carbocycles. The van der Waals surface area contributed by atoms with Crippen LogP contribution < -0.4 is 21.5 Å². The van der Waals surface area contributed by atoms with Crippen LogP contribution in [-0.2, 0) is 13.1 Å². The van der Waals surface area contributed by atoms with Gasteiger partial charge < -0.3 is 15.6 Å². The van der Waals surface area contributed by atoms with Crippen LogP contribution in [0.25, 0.3) is 22.2 Å². The van der Waals surface area contributed by atoms with Crippen LogP contribution in [-0.4, -0.2) is 27.5 Å². The number of pyridine rings is 1. The average molecular weight is 522 g/mol. The Hall–Kier alpha value is -3.40. The van der Waals surface area contributed by atoms with E-state index >= 15 is 0 Å². The Kier molecular flexibility index (Phi) is 6.48. The number of imidazole rings is 1. The number of aromatic nitrogens is 3. The maximum Gasteiger partial charge on any atom is 0.126 e. The minimum Gasteiger partial charge on any atom is -0.341 e. The second kappa shape index (κ2) is 10.4. The highest BCUT2D eigenvalue weighted by molar-refractivity contribution is 7.08. The molecule has 2 aliphatic heterocycles. The summed E-state index contributed by atoms with van der Waals surface area (Å²) in [5.74, 6) is 1.41. The third kappa shape index (κ3) is 4.66. The van der Waals surface area contributed by atoms with Crippen molar-refractivity contribution in [1.29, 1.82) is 0 Å². The van der Waals surface area contributed by atoms with Crippen LogP contribution in [0.2, 0.25) is 0 Å². The number of nitrogens with one attached hydrogen (secondary N) is 5. The summed E-state index contributed by atoms with van der Waals surface area (Å²) in [4.78, 5) is 13.3. The van der Waals surface area contributed by atoms with Crippen LogP contribution in [0, 0.1) is 5.92 Å². The van der Waals surface area contributed by atoms with Crippen LogP contribution in [0.5, 0.6) is 0 Å². The lowest BCUT2D eigenvalue weighted by Gasteiger charge is -2.34. The molecule has 0 bridgehead atoms. The van der Waals surface area contributed by atoms with Gasteiger partial charge in [0.05, 0.1) is 17.1 Å².